The first kappa shape index (κ1) is 16.0. The number of H-pyrrole nitrogens is 1. The first-order valence-electron chi connectivity index (χ1n) is 6.86. The van der Waals surface area contributed by atoms with Crippen LogP contribution in [0.5, 0.6) is 0 Å². The summed E-state index contributed by atoms with van der Waals surface area (Å²) in [6.45, 7) is 0. The van der Waals surface area contributed by atoms with Crippen LogP contribution in [-0.4, -0.2) is 33.3 Å². The van der Waals surface area contributed by atoms with Gasteiger partial charge in [-0.1, -0.05) is 17.7 Å². The smallest absolute Gasteiger partial charge is 0.293 e. The lowest BCUT2D eigenvalue weighted by atomic mass is 10.1. The van der Waals surface area contributed by atoms with Crippen LogP contribution < -0.4 is 5.32 Å². The Morgan fingerprint density at radius 3 is 2.92 bits per heavy atom. The van der Waals surface area contributed by atoms with Gasteiger partial charge in [-0.05, 0) is 17.7 Å². The second-order valence-corrected chi connectivity index (χ2v) is 5.47. The molecule has 122 valence electrons. The van der Waals surface area contributed by atoms with Crippen molar-refractivity contribution in [1.82, 2.24) is 15.3 Å². The molecule has 0 atom stereocenters. The van der Waals surface area contributed by atoms with Crippen molar-refractivity contribution in [1.29, 1.82) is 0 Å². The Balaban J connectivity index is 1.68. The zero-order valence-corrected chi connectivity index (χ0v) is 12.9. The van der Waals surface area contributed by atoms with Gasteiger partial charge in [0.2, 0.25) is 5.78 Å². The van der Waals surface area contributed by atoms with Gasteiger partial charge in [-0.2, -0.15) is 0 Å². The topological polar surface area (TPSA) is 104 Å². The fourth-order valence-electron chi connectivity index (χ4n) is 2.17. The number of carbonyl (C=O) groups is 3. The molecule has 9 heteroatoms. The van der Waals surface area contributed by atoms with E-state index in [1.54, 1.807) is 0 Å². The summed E-state index contributed by atoms with van der Waals surface area (Å²) in [6.07, 6.45) is 0.871. The molecule has 3 rings (SSSR count). The van der Waals surface area contributed by atoms with Crippen LogP contribution in [0.4, 0.5) is 10.2 Å². The minimum atomic E-state index is -0.934. The first-order valence-corrected chi connectivity index (χ1v) is 7.24. The molecule has 0 aliphatic carbocycles. The number of benzene rings is 1. The third-order valence-corrected chi connectivity index (χ3v) is 3.63. The quantitative estimate of drug-likeness (QED) is 0.824. The predicted molar refractivity (Wildman–Crippen MR) is 82.9 cm³/mol. The fraction of sp³-hybridized carbons (Fsp3) is 0.133. The van der Waals surface area contributed by atoms with Crippen LogP contribution in [0.15, 0.2) is 29.5 Å². The Labute approximate surface area is 139 Å². The van der Waals surface area contributed by atoms with Crippen LogP contribution in [-0.2, 0) is 16.0 Å². The minimum absolute atomic E-state index is 0.0419. The Kier molecular flexibility index (Phi) is 4.22. The molecule has 1 amide bonds. The number of aromatic amines is 1. The molecule has 1 aromatic carbocycles. The second kappa shape index (κ2) is 6.32. The molecule has 2 heterocycles. The van der Waals surface area contributed by atoms with Gasteiger partial charge in [0.25, 0.3) is 5.91 Å². The highest BCUT2D eigenvalue weighted by Gasteiger charge is 2.25. The number of rotatable bonds is 3. The number of amidine groups is 1. The van der Waals surface area contributed by atoms with E-state index in [4.69, 9.17) is 11.6 Å². The van der Waals surface area contributed by atoms with Crippen molar-refractivity contribution in [2.75, 3.05) is 0 Å². The molecule has 0 spiro atoms. The number of aromatic nitrogens is 2. The minimum Gasteiger partial charge on any atom is -0.340 e. The average molecular weight is 349 g/mol. The molecule has 0 saturated carbocycles. The average Bonchev–Trinajstić information content (AvgIpc) is 3.00. The first-order chi connectivity index (χ1) is 11.4. The van der Waals surface area contributed by atoms with Gasteiger partial charge in [-0.3, -0.25) is 14.4 Å². The van der Waals surface area contributed by atoms with Gasteiger partial charge >= 0.3 is 0 Å². The largest absolute Gasteiger partial charge is 0.340 e. The van der Waals surface area contributed by atoms with E-state index in [1.807, 2.05) is 0 Å². The normalized spacial score (nSPS) is 13.2. The summed E-state index contributed by atoms with van der Waals surface area (Å²) in [7, 11) is 0. The van der Waals surface area contributed by atoms with Gasteiger partial charge in [0.1, 0.15) is 17.3 Å². The van der Waals surface area contributed by atoms with Gasteiger partial charge in [-0.15, -0.1) is 0 Å². The van der Waals surface area contributed by atoms with E-state index in [2.05, 4.69) is 20.3 Å². The molecule has 0 fully saturated rings. The zero-order chi connectivity index (χ0) is 17.3. The highest BCUT2D eigenvalue weighted by Crippen LogP contribution is 2.20. The Morgan fingerprint density at radius 1 is 1.38 bits per heavy atom. The fourth-order valence-corrected chi connectivity index (χ4v) is 2.29. The number of Topliss-reactive ketones (excluding diaryl/α,β-unsaturated/α-hetero) is 2. The predicted octanol–water partition coefficient (Wildman–Crippen LogP) is 1.75. The summed E-state index contributed by atoms with van der Waals surface area (Å²) < 4.78 is 13.3. The summed E-state index contributed by atoms with van der Waals surface area (Å²) in [4.78, 5) is 46.2. The van der Waals surface area contributed by atoms with E-state index in [-0.39, 0.29) is 41.0 Å². The van der Waals surface area contributed by atoms with Gasteiger partial charge in [-0.25, -0.2) is 14.4 Å². The van der Waals surface area contributed by atoms with Crippen LogP contribution in [0.3, 0.4) is 0 Å². The number of ketones is 2. The van der Waals surface area contributed by atoms with Crippen molar-refractivity contribution < 1.29 is 18.8 Å². The molecule has 0 radical (unpaired) electrons. The van der Waals surface area contributed by atoms with Crippen LogP contribution in [0.2, 0.25) is 5.02 Å². The summed E-state index contributed by atoms with van der Waals surface area (Å²) in [5.41, 5.74) is 0.573. The summed E-state index contributed by atoms with van der Waals surface area (Å²) in [6, 6.07) is 3.85. The van der Waals surface area contributed by atoms with E-state index in [9.17, 15) is 18.8 Å². The number of nitrogens with zero attached hydrogens (tertiary/aromatic N) is 2. The van der Waals surface area contributed by atoms with Crippen molar-refractivity contribution in [2.45, 2.75) is 12.8 Å². The lowest BCUT2D eigenvalue weighted by molar-refractivity contribution is -0.136. The lowest BCUT2D eigenvalue weighted by Crippen LogP contribution is -2.38. The van der Waals surface area contributed by atoms with E-state index in [0.29, 0.717) is 5.56 Å². The molecule has 2 N–H and O–H groups in total. The molecule has 0 saturated heterocycles. The highest BCUT2D eigenvalue weighted by molar-refractivity contribution is 6.40. The molecule has 24 heavy (non-hydrogen) atoms. The maximum atomic E-state index is 13.3. The third kappa shape index (κ3) is 3.23. The van der Waals surface area contributed by atoms with E-state index in [0.717, 1.165) is 6.07 Å². The number of hydrogen-bond donors (Lipinski definition) is 2. The van der Waals surface area contributed by atoms with Gasteiger partial charge in [0.05, 0.1) is 17.8 Å². The van der Waals surface area contributed by atoms with Crippen LogP contribution in [0, 0.1) is 5.82 Å². The number of aliphatic imine (C=N–C) groups is 1. The van der Waals surface area contributed by atoms with Crippen molar-refractivity contribution in [3.8, 4) is 0 Å². The molecule has 0 bridgehead atoms. The highest BCUT2D eigenvalue weighted by atomic mass is 35.5. The van der Waals surface area contributed by atoms with Crippen molar-refractivity contribution >= 4 is 40.7 Å². The Bertz CT molecular complexity index is 891. The number of hydrogen-bond acceptors (Lipinski definition) is 5. The molecule has 1 aliphatic heterocycles. The number of imidazole rings is 1. The van der Waals surface area contributed by atoms with Crippen LogP contribution in [0.25, 0.3) is 0 Å². The van der Waals surface area contributed by atoms with Gasteiger partial charge in [0, 0.05) is 6.42 Å². The molecule has 0 unspecified atom stereocenters. The molecular formula is C15H10ClFN4O3. The second-order valence-electron chi connectivity index (χ2n) is 5.06. The molecule has 2 aromatic rings. The number of amides is 1. The summed E-state index contributed by atoms with van der Waals surface area (Å²) in [5.74, 6) is -2.49. The zero-order valence-electron chi connectivity index (χ0n) is 12.1. The van der Waals surface area contributed by atoms with Crippen LogP contribution >= 0.6 is 11.6 Å². The van der Waals surface area contributed by atoms with E-state index < -0.39 is 17.5 Å². The van der Waals surface area contributed by atoms with E-state index >= 15 is 0 Å². The Hall–Kier alpha value is -2.87. The number of halogens is 2. The molecule has 1 aromatic heterocycles. The maximum absolute atomic E-state index is 13.3. The lowest BCUT2D eigenvalue weighted by Gasteiger charge is -2.11. The maximum Gasteiger partial charge on any atom is 0.293 e. The summed E-state index contributed by atoms with van der Waals surface area (Å²) >= 11 is 5.56. The van der Waals surface area contributed by atoms with E-state index in [1.165, 1.54) is 18.5 Å². The monoisotopic (exact) mass is 348 g/mol. The van der Waals surface area contributed by atoms with Gasteiger partial charge < -0.3 is 10.3 Å². The molecule has 7 nitrogen and oxygen atoms in total. The summed E-state index contributed by atoms with van der Waals surface area (Å²) in [5, 5.41) is 2.22. The van der Waals surface area contributed by atoms with Gasteiger partial charge in [0.15, 0.2) is 11.6 Å². The molecule has 1 aliphatic rings. The standard InChI is InChI=1S/C15H10ClFN4O3/c16-8-2-1-7(3-9(8)17)4-11(23)15(24)21-12-5-10(22)13-14(20-12)19-6-18-13/h1-3,6H,4-5H2,(H,18,19)(H,20,21,24). The number of carbonyl (C=O) groups excluding carboxylic acids is 3. The van der Waals surface area contributed by atoms with Crippen molar-refractivity contribution in [3.05, 3.63) is 46.6 Å². The van der Waals surface area contributed by atoms with Crippen molar-refractivity contribution in [2.24, 2.45) is 4.99 Å². The number of fused-ring (bicyclic) bond motifs is 1. The van der Waals surface area contributed by atoms with Crippen molar-refractivity contribution in [3.63, 3.8) is 0 Å². The Morgan fingerprint density at radius 2 is 2.17 bits per heavy atom. The van der Waals surface area contributed by atoms with Crippen LogP contribution in [0.1, 0.15) is 22.5 Å². The molecular weight excluding hydrogens is 339 g/mol. The third-order valence-electron chi connectivity index (χ3n) is 3.33. The SMILES string of the molecule is O=C(Cc1ccc(Cl)c(F)c1)C(=O)NC1=Nc2nc[nH]c2C(=O)C1. The number of nitrogens with one attached hydrogen (secondary N) is 2.